The number of carbonyl (C=O) groups is 1. The van der Waals surface area contributed by atoms with E-state index in [1.807, 2.05) is 0 Å². The molecule has 2 aromatic heterocycles. The highest BCUT2D eigenvalue weighted by atomic mass is 35.5. The third kappa shape index (κ3) is 6.99. The number of nitrogens with two attached hydrogens (primary N) is 2. The minimum Gasteiger partial charge on any atom is -0.393 e. The monoisotopic (exact) mass is 641 g/mol. The molecule has 2 aromatic carbocycles. The first-order valence-corrected chi connectivity index (χ1v) is 14.2. The van der Waals surface area contributed by atoms with Crippen LogP contribution in [0.15, 0.2) is 83.9 Å². The van der Waals surface area contributed by atoms with Crippen molar-refractivity contribution >= 4 is 28.9 Å². The van der Waals surface area contributed by atoms with Crippen LogP contribution in [0, 0.1) is 11.7 Å². The van der Waals surface area contributed by atoms with E-state index in [4.69, 9.17) is 23.2 Å². The second kappa shape index (κ2) is 12.7. The van der Waals surface area contributed by atoms with Crippen LogP contribution in [0.25, 0.3) is 22.4 Å². The zero-order valence-electron chi connectivity index (χ0n) is 23.9. The maximum atomic E-state index is 14.3. The van der Waals surface area contributed by atoms with E-state index in [0.29, 0.717) is 52.8 Å². The third-order valence-electron chi connectivity index (χ3n) is 7.55. The van der Waals surface area contributed by atoms with Gasteiger partial charge in [0.15, 0.2) is 0 Å². The number of hydrogen-bond donors (Lipinski definition) is 3. The number of fused-ring (bicyclic) bond motifs is 4. The SMILES string of the molecule is CC1CCCC(n2cnc(-c3cc(Cl)ccc3N(N)/C=C(\N)C(F)(F)F)cc2=O)c2cncc(c2)-c2cc(F)ccc2NC1=O. The summed E-state index contributed by atoms with van der Waals surface area (Å²) in [7, 11) is 0. The molecular weight excluding hydrogens is 614 g/mol. The van der Waals surface area contributed by atoms with Gasteiger partial charge in [0.2, 0.25) is 5.91 Å². The summed E-state index contributed by atoms with van der Waals surface area (Å²) < 4.78 is 54.9. The van der Waals surface area contributed by atoms with E-state index >= 15 is 0 Å². The minimum absolute atomic E-state index is 0.0670. The van der Waals surface area contributed by atoms with Gasteiger partial charge in [0.25, 0.3) is 5.56 Å². The van der Waals surface area contributed by atoms with Gasteiger partial charge >= 0.3 is 6.18 Å². The van der Waals surface area contributed by atoms with Gasteiger partial charge in [0, 0.05) is 58.0 Å². The van der Waals surface area contributed by atoms with Crippen LogP contribution < -0.4 is 27.5 Å². The second-order valence-electron chi connectivity index (χ2n) is 10.7. The molecule has 14 heteroatoms. The summed E-state index contributed by atoms with van der Waals surface area (Å²) in [5, 5.41) is 3.80. The molecule has 2 bridgehead atoms. The van der Waals surface area contributed by atoms with Crippen molar-refractivity contribution in [1.29, 1.82) is 0 Å². The van der Waals surface area contributed by atoms with Crippen LogP contribution in [0.5, 0.6) is 0 Å². The number of hydrazine groups is 1. The fraction of sp³-hybridized carbons (Fsp3) is 0.226. The predicted molar refractivity (Wildman–Crippen MR) is 163 cm³/mol. The highest BCUT2D eigenvalue weighted by molar-refractivity contribution is 6.31. The Morgan fingerprint density at radius 1 is 1.09 bits per heavy atom. The van der Waals surface area contributed by atoms with E-state index in [9.17, 15) is 27.2 Å². The van der Waals surface area contributed by atoms with Gasteiger partial charge in [-0.1, -0.05) is 24.9 Å². The Morgan fingerprint density at radius 2 is 1.87 bits per heavy atom. The van der Waals surface area contributed by atoms with Crippen molar-refractivity contribution in [3.8, 4) is 22.4 Å². The first-order valence-electron chi connectivity index (χ1n) is 13.8. The summed E-state index contributed by atoms with van der Waals surface area (Å²) in [6, 6.07) is 10.8. The summed E-state index contributed by atoms with van der Waals surface area (Å²) in [5.74, 6) is 4.84. The van der Waals surface area contributed by atoms with Gasteiger partial charge in [-0.25, -0.2) is 15.2 Å². The molecule has 0 radical (unpaired) electrons. The number of nitrogens with zero attached hydrogens (tertiary/aromatic N) is 4. The van der Waals surface area contributed by atoms with Crippen molar-refractivity contribution in [2.75, 3.05) is 10.3 Å². The van der Waals surface area contributed by atoms with Crippen molar-refractivity contribution in [3.63, 3.8) is 0 Å². The van der Waals surface area contributed by atoms with E-state index in [0.717, 1.165) is 0 Å². The summed E-state index contributed by atoms with van der Waals surface area (Å²) in [5.41, 5.74) is 5.68. The number of nitrogens with one attached hydrogen (secondary N) is 1. The lowest BCUT2D eigenvalue weighted by atomic mass is 9.94. The zero-order valence-corrected chi connectivity index (χ0v) is 24.6. The molecule has 2 unspecified atom stereocenters. The molecule has 1 aliphatic heterocycles. The number of alkyl halides is 3. The number of halogens is 5. The number of anilines is 2. The molecule has 0 fully saturated rings. The molecule has 1 aliphatic rings. The quantitative estimate of drug-likeness (QED) is 0.138. The van der Waals surface area contributed by atoms with Crippen LogP contribution in [0.1, 0.15) is 37.8 Å². The summed E-state index contributed by atoms with van der Waals surface area (Å²) >= 11 is 6.19. The average molecular weight is 642 g/mol. The molecule has 234 valence electrons. The largest absolute Gasteiger partial charge is 0.432 e. The molecule has 0 saturated carbocycles. The van der Waals surface area contributed by atoms with E-state index in [1.54, 1.807) is 25.4 Å². The molecule has 1 amide bonds. The number of pyridine rings is 1. The molecule has 4 aromatic rings. The van der Waals surface area contributed by atoms with Gasteiger partial charge in [-0.05, 0) is 60.9 Å². The number of allylic oxidation sites excluding steroid dienone is 1. The van der Waals surface area contributed by atoms with Gasteiger partial charge in [-0.2, -0.15) is 13.2 Å². The van der Waals surface area contributed by atoms with Crippen LogP contribution in [-0.2, 0) is 4.79 Å². The Kier molecular flexibility index (Phi) is 8.94. The lowest BCUT2D eigenvalue weighted by Crippen LogP contribution is -2.30. The molecule has 45 heavy (non-hydrogen) atoms. The predicted octanol–water partition coefficient (Wildman–Crippen LogP) is 6.16. The Morgan fingerprint density at radius 3 is 2.60 bits per heavy atom. The van der Waals surface area contributed by atoms with E-state index in [-0.39, 0.29) is 33.8 Å². The number of amides is 1. The fourth-order valence-corrected chi connectivity index (χ4v) is 5.32. The highest BCUT2D eigenvalue weighted by Crippen LogP contribution is 2.35. The van der Waals surface area contributed by atoms with Crippen LogP contribution in [0.2, 0.25) is 5.02 Å². The Bertz CT molecular complexity index is 1840. The lowest BCUT2D eigenvalue weighted by molar-refractivity contribution is -0.119. The first-order chi connectivity index (χ1) is 21.3. The van der Waals surface area contributed by atoms with Gasteiger partial charge < -0.3 is 11.1 Å². The maximum absolute atomic E-state index is 14.3. The van der Waals surface area contributed by atoms with Crippen LogP contribution in [0.4, 0.5) is 28.9 Å². The molecule has 5 rings (SSSR count). The number of hydrogen-bond acceptors (Lipinski definition) is 7. The molecule has 0 saturated heterocycles. The zero-order chi connectivity index (χ0) is 32.5. The number of rotatable bonds is 4. The number of carbonyl (C=O) groups excluding carboxylic acids is 1. The average Bonchev–Trinajstić information content (AvgIpc) is 2.99. The molecule has 5 N–H and O–H groups in total. The normalized spacial score (nSPS) is 17.5. The molecule has 9 nitrogen and oxygen atoms in total. The Hall–Kier alpha value is -4.75. The van der Waals surface area contributed by atoms with E-state index in [2.05, 4.69) is 15.3 Å². The van der Waals surface area contributed by atoms with Gasteiger partial charge in [-0.3, -0.25) is 24.1 Å². The molecule has 3 heterocycles. The molecule has 0 aliphatic carbocycles. The number of aromatic nitrogens is 3. The smallest absolute Gasteiger partial charge is 0.393 e. The Balaban J connectivity index is 1.58. The van der Waals surface area contributed by atoms with E-state index in [1.165, 1.54) is 53.4 Å². The Labute approximate surface area is 260 Å². The van der Waals surface area contributed by atoms with Crippen molar-refractivity contribution < 1.29 is 22.4 Å². The standard InChI is InChI=1S/C31H28ClF4N7O2/c1-17-3-2-4-26(19-9-18(13-39-14-19)22-11-21(33)6-7-24(22)41-30(17)45)42-16-40-25(12-29(42)44)23-10-20(32)5-8-27(23)43(38)15-28(37)31(34,35)36/h5-17,26H,2-4,37-38H2,1H3,(H,41,45)/b28-15-. The van der Waals surface area contributed by atoms with Crippen LogP contribution in [0.3, 0.4) is 0 Å². The number of benzene rings is 2. The van der Waals surface area contributed by atoms with E-state index < -0.39 is 29.3 Å². The van der Waals surface area contributed by atoms with Gasteiger partial charge in [0.1, 0.15) is 11.5 Å². The topological polar surface area (TPSA) is 132 Å². The summed E-state index contributed by atoms with van der Waals surface area (Å²) in [4.78, 5) is 35.4. The van der Waals surface area contributed by atoms with Crippen LogP contribution in [-0.4, -0.2) is 26.6 Å². The molecular formula is C31H28ClF4N7O2. The molecule has 0 spiro atoms. The molecule has 2 atom stereocenters. The lowest BCUT2D eigenvalue weighted by Gasteiger charge is -2.23. The van der Waals surface area contributed by atoms with Crippen molar-refractivity contribution in [3.05, 3.63) is 106 Å². The van der Waals surface area contributed by atoms with Gasteiger partial charge in [0.05, 0.1) is 23.8 Å². The summed E-state index contributed by atoms with van der Waals surface area (Å²) in [6.07, 6.45) is 1.73. The maximum Gasteiger partial charge on any atom is 0.432 e. The van der Waals surface area contributed by atoms with Crippen molar-refractivity contribution in [2.24, 2.45) is 17.5 Å². The third-order valence-corrected chi connectivity index (χ3v) is 7.78. The first kappa shape index (κ1) is 31.7. The van der Waals surface area contributed by atoms with Crippen LogP contribution >= 0.6 is 11.6 Å². The summed E-state index contributed by atoms with van der Waals surface area (Å²) in [6.45, 7) is 1.80. The van der Waals surface area contributed by atoms with Gasteiger partial charge in [-0.15, -0.1) is 0 Å². The van der Waals surface area contributed by atoms with Crippen molar-refractivity contribution in [2.45, 2.75) is 38.4 Å². The highest BCUT2D eigenvalue weighted by Gasteiger charge is 2.32. The van der Waals surface area contributed by atoms with Crippen molar-refractivity contribution in [1.82, 2.24) is 14.5 Å². The minimum atomic E-state index is -4.80. The second-order valence-corrected chi connectivity index (χ2v) is 11.1. The fourth-order valence-electron chi connectivity index (χ4n) is 5.14.